The fourth-order valence-electron chi connectivity index (χ4n) is 8.49. The van der Waals surface area contributed by atoms with Crippen molar-refractivity contribution in [1.82, 2.24) is 0 Å². The SMILES string of the molecule is CC.c1cc(-c2cc3ccccc3c3ccccc23)cc(N(c2ccc(-c3cc4ccccc4c4ccccc34)cc2)c2ccc3oc4ccccc4c3c2)c1. The number of rotatable bonds is 5. The van der Waals surface area contributed by atoms with Gasteiger partial charge in [0.05, 0.1) is 0 Å². The molecule has 11 aromatic rings. The fraction of sp³-hybridized carbons (Fsp3) is 0.0370. The molecule has 0 saturated heterocycles. The summed E-state index contributed by atoms with van der Waals surface area (Å²) in [6.07, 6.45) is 0. The first kappa shape index (κ1) is 33.4. The molecule has 0 atom stereocenters. The lowest BCUT2D eigenvalue weighted by atomic mass is 9.93. The number of hydrogen-bond donors (Lipinski definition) is 0. The van der Waals surface area contributed by atoms with Gasteiger partial charge in [0.2, 0.25) is 0 Å². The summed E-state index contributed by atoms with van der Waals surface area (Å²) in [4.78, 5) is 2.37. The minimum Gasteiger partial charge on any atom is -0.456 e. The van der Waals surface area contributed by atoms with Gasteiger partial charge in [-0.2, -0.15) is 0 Å². The van der Waals surface area contributed by atoms with E-state index in [1.165, 1.54) is 65.3 Å². The second kappa shape index (κ2) is 13.9. The van der Waals surface area contributed by atoms with Gasteiger partial charge in [-0.05, 0) is 126 Å². The topological polar surface area (TPSA) is 16.4 Å². The molecule has 0 spiro atoms. The molecule has 266 valence electrons. The lowest BCUT2D eigenvalue weighted by Crippen LogP contribution is -2.10. The van der Waals surface area contributed by atoms with Crippen LogP contribution in [-0.4, -0.2) is 0 Å². The van der Waals surface area contributed by atoms with Gasteiger partial charge in [-0.15, -0.1) is 0 Å². The van der Waals surface area contributed by atoms with Gasteiger partial charge in [0.15, 0.2) is 0 Å². The molecule has 2 nitrogen and oxygen atoms in total. The Balaban J connectivity index is 0.00000189. The van der Waals surface area contributed by atoms with Gasteiger partial charge in [-0.1, -0.05) is 153 Å². The van der Waals surface area contributed by atoms with E-state index in [9.17, 15) is 0 Å². The third kappa shape index (κ3) is 5.58. The van der Waals surface area contributed by atoms with E-state index in [2.05, 4.69) is 193 Å². The summed E-state index contributed by atoms with van der Waals surface area (Å²) in [7, 11) is 0. The first-order chi connectivity index (χ1) is 27.8. The predicted molar refractivity (Wildman–Crippen MR) is 241 cm³/mol. The number of hydrogen-bond acceptors (Lipinski definition) is 2. The van der Waals surface area contributed by atoms with Crippen LogP contribution in [0.4, 0.5) is 17.1 Å². The Kier molecular flexibility index (Phi) is 8.30. The highest BCUT2D eigenvalue weighted by molar-refractivity contribution is 6.15. The fourth-order valence-corrected chi connectivity index (χ4v) is 8.49. The molecule has 10 aromatic carbocycles. The van der Waals surface area contributed by atoms with Crippen LogP contribution >= 0.6 is 0 Å². The van der Waals surface area contributed by atoms with Crippen LogP contribution in [-0.2, 0) is 0 Å². The molecule has 1 heterocycles. The van der Waals surface area contributed by atoms with Crippen molar-refractivity contribution < 1.29 is 4.42 Å². The standard InChI is InChI=1S/C52H33NO.C2H6/c1-3-16-41-36(12-1)31-48(45-20-7-5-18-43(41)45)34-24-26-38(27-25-34)53(40-28-29-52-50(33-40)47-22-9-10-23-51(47)54-52)39-15-11-14-35(30-39)49-32-37-13-2-4-17-42(37)44-19-6-8-21-46(44)49;1-2/h1-33H;1-2H3. The van der Waals surface area contributed by atoms with Crippen molar-refractivity contribution >= 4 is 82.1 Å². The quantitative estimate of drug-likeness (QED) is 0.165. The number of nitrogens with zero attached hydrogens (tertiary/aromatic N) is 1. The van der Waals surface area contributed by atoms with Crippen LogP contribution in [0, 0.1) is 0 Å². The van der Waals surface area contributed by atoms with E-state index >= 15 is 0 Å². The Bertz CT molecular complexity index is 3230. The molecule has 0 N–H and O–H groups in total. The lowest BCUT2D eigenvalue weighted by molar-refractivity contribution is 0.669. The number of fused-ring (bicyclic) bond motifs is 9. The minimum atomic E-state index is 0.884. The molecule has 0 aliphatic carbocycles. The van der Waals surface area contributed by atoms with Crippen molar-refractivity contribution in [3.8, 4) is 22.3 Å². The van der Waals surface area contributed by atoms with Gasteiger partial charge in [-0.25, -0.2) is 0 Å². The van der Waals surface area contributed by atoms with Gasteiger partial charge in [0.25, 0.3) is 0 Å². The van der Waals surface area contributed by atoms with Crippen LogP contribution in [0.2, 0.25) is 0 Å². The lowest BCUT2D eigenvalue weighted by Gasteiger charge is -2.26. The Morgan fingerprint density at radius 2 is 0.786 bits per heavy atom. The molecule has 0 fully saturated rings. The molecule has 0 aliphatic rings. The summed E-state index contributed by atoms with van der Waals surface area (Å²) < 4.78 is 6.26. The van der Waals surface area contributed by atoms with E-state index in [1.807, 2.05) is 26.0 Å². The third-order valence-electron chi connectivity index (χ3n) is 11.0. The van der Waals surface area contributed by atoms with Crippen molar-refractivity contribution in [2.45, 2.75) is 13.8 Å². The molecule has 0 radical (unpaired) electrons. The van der Waals surface area contributed by atoms with E-state index in [0.29, 0.717) is 0 Å². The number of benzene rings is 10. The van der Waals surface area contributed by atoms with E-state index in [4.69, 9.17) is 4.42 Å². The Morgan fingerprint density at radius 3 is 1.43 bits per heavy atom. The van der Waals surface area contributed by atoms with Gasteiger partial charge in [-0.3, -0.25) is 0 Å². The molecule has 2 heteroatoms. The number of furan rings is 1. The summed E-state index contributed by atoms with van der Waals surface area (Å²) in [5.41, 5.74) is 9.83. The molecular weight excluding hydrogens is 679 g/mol. The van der Waals surface area contributed by atoms with Gasteiger partial charge in [0.1, 0.15) is 11.2 Å². The normalized spacial score (nSPS) is 11.4. The van der Waals surface area contributed by atoms with E-state index in [-0.39, 0.29) is 0 Å². The van der Waals surface area contributed by atoms with Crippen LogP contribution in [0.1, 0.15) is 13.8 Å². The first-order valence-electron chi connectivity index (χ1n) is 19.5. The van der Waals surface area contributed by atoms with E-state index in [0.717, 1.165) is 39.0 Å². The Morgan fingerprint density at radius 1 is 0.304 bits per heavy atom. The summed E-state index contributed by atoms with van der Waals surface area (Å²) >= 11 is 0. The highest BCUT2D eigenvalue weighted by Gasteiger charge is 2.18. The molecule has 0 bridgehead atoms. The predicted octanol–water partition coefficient (Wildman–Crippen LogP) is 16.0. The minimum absolute atomic E-state index is 0.884. The molecule has 1 aromatic heterocycles. The molecule has 11 rings (SSSR count). The molecule has 0 amide bonds. The maximum Gasteiger partial charge on any atom is 0.135 e. The summed E-state index contributed by atoms with van der Waals surface area (Å²) in [5.74, 6) is 0. The maximum absolute atomic E-state index is 6.26. The summed E-state index contributed by atoms with van der Waals surface area (Å²) in [6, 6.07) is 72.4. The van der Waals surface area contributed by atoms with E-state index < -0.39 is 0 Å². The largest absolute Gasteiger partial charge is 0.456 e. The summed E-state index contributed by atoms with van der Waals surface area (Å²) in [5, 5.41) is 12.3. The maximum atomic E-state index is 6.26. The van der Waals surface area contributed by atoms with Crippen molar-refractivity contribution in [2.75, 3.05) is 4.90 Å². The first-order valence-corrected chi connectivity index (χ1v) is 19.5. The highest BCUT2D eigenvalue weighted by atomic mass is 16.3. The smallest absolute Gasteiger partial charge is 0.135 e. The van der Waals surface area contributed by atoms with Gasteiger partial charge in [0, 0.05) is 27.8 Å². The molecular formula is C54H39NO. The van der Waals surface area contributed by atoms with Crippen molar-refractivity contribution in [3.63, 3.8) is 0 Å². The molecule has 56 heavy (non-hydrogen) atoms. The van der Waals surface area contributed by atoms with Crippen LogP contribution in [0.3, 0.4) is 0 Å². The van der Waals surface area contributed by atoms with Crippen LogP contribution in [0.5, 0.6) is 0 Å². The Hall–Kier alpha value is -7.16. The van der Waals surface area contributed by atoms with Gasteiger partial charge >= 0.3 is 0 Å². The molecule has 0 unspecified atom stereocenters. The monoisotopic (exact) mass is 717 g/mol. The zero-order valence-corrected chi connectivity index (χ0v) is 31.4. The third-order valence-corrected chi connectivity index (χ3v) is 11.0. The van der Waals surface area contributed by atoms with Crippen molar-refractivity contribution in [3.05, 3.63) is 200 Å². The highest BCUT2D eigenvalue weighted by Crippen LogP contribution is 2.43. The van der Waals surface area contributed by atoms with E-state index in [1.54, 1.807) is 0 Å². The number of anilines is 3. The van der Waals surface area contributed by atoms with Gasteiger partial charge < -0.3 is 9.32 Å². The zero-order valence-electron chi connectivity index (χ0n) is 31.4. The average Bonchev–Trinajstić information content (AvgIpc) is 3.65. The molecule has 0 saturated carbocycles. The molecule has 0 aliphatic heterocycles. The number of para-hydroxylation sites is 1. The second-order valence-electron chi connectivity index (χ2n) is 14.1. The van der Waals surface area contributed by atoms with Crippen molar-refractivity contribution in [2.24, 2.45) is 0 Å². The zero-order chi connectivity index (χ0) is 37.6. The van der Waals surface area contributed by atoms with Crippen LogP contribution in [0.15, 0.2) is 205 Å². The Labute approximate surface area is 326 Å². The van der Waals surface area contributed by atoms with Crippen LogP contribution < -0.4 is 4.90 Å². The second-order valence-corrected chi connectivity index (χ2v) is 14.1. The van der Waals surface area contributed by atoms with Crippen LogP contribution in [0.25, 0.3) is 87.3 Å². The summed E-state index contributed by atoms with van der Waals surface area (Å²) in [6.45, 7) is 4.00. The average molecular weight is 718 g/mol. The van der Waals surface area contributed by atoms with Crippen molar-refractivity contribution in [1.29, 1.82) is 0 Å².